The smallest absolute Gasteiger partial charge is 0.165 e. The van der Waals surface area contributed by atoms with Gasteiger partial charge in [0.05, 0.1) is 6.33 Å². The number of fused-ring (bicyclic) bond motifs is 1. The summed E-state index contributed by atoms with van der Waals surface area (Å²) in [6, 6.07) is 0. The fourth-order valence-electron chi connectivity index (χ4n) is 3.19. The summed E-state index contributed by atoms with van der Waals surface area (Å²) in [6.07, 6.45) is 19.8. The lowest BCUT2D eigenvalue weighted by molar-refractivity contribution is 0.530. The highest BCUT2D eigenvalue weighted by atomic mass is 15.1. The number of nitrogens with zero attached hydrogens (tertiary/aromatic N) is 4. The van der Waals surface area contributed by atoms with Crippen molar-refractivity contribution in [3.8, 4) is 0 Å². The molecule has 0 fully saturated rings. The minimum absolute atomic E-state index is 0.466. The first kappa shape index (κ1) is 18.7. The Labute approximate surface area is 146 Å². The van der Waals surface area contributed by atoms with E-state index in [0.717, 1.165) is 17.7 Å². The van der Waals surface area contributed by atoms with Crippen LogP contribution in [0.15, 0.2) is 12.7 Å². The first-order valence-electron chi connectivity index (χ1n) is 9.74. The molecule has 5 heteroatoms. The van der Waals surface area contributed by atoms with Crippen LogP contribution in [0, 0.1) is 0 Å². The standard InChI is InChI=1S/C19H33N5/c1-2-3-4-5-6-7-8-9-10-11-12-13-14-24-16-23-17-18(20)21-15-22-19(17)24/h15-16H,2-14H2,1H3,(H2,20,21,22). The summed E-state index contributed by atoms with van der Waals surface area (Å²) in [4.78, 5) is 12.6. The number of hydrogen-bond acceptors (Lipinski definition) is 4. The molecule has 2 aromatic heterocycles. The van der Waals surface area contributed by atoms with E-state index < -0.39 is 0 Å². The number of rotatable bonds is 13. The Morgan fingerprint density at radius 3 is 2.00 bits per heavy atom. The number of unbranched alkanes of at least 4 members (excludes halogenated alkanes) is 11. The molecule has 2 aromatic rings. The van der Waals surface area contributed by atoms with E-state index in [-0.39, 0.29) is 0 Å². The molecule has 134 valence electrons. The van der Waals surface area contributed by atoms with Crippen LogP contribution >= 0.6 is 0 Å². The van der Waals surface area contributed by atoms with Crippen LogP contribution in [0.3, 0.4) is 0 Å². The molecule has 0 spiro atoms. The van der Waals surface area contributed by atoms with Crippen molar-refractivity contribution in [2.45, 2.75) is 90.5 Å². The van der Waals surface area contributed by atoms with Crippen molar-refractivity contribution in [1.82, 2.24) is 19.5 Å². The lowest BCUT2D eigenvalue weighted by atomic mass is 10.1. The molecule has 0 aliphatic carbocycles. The molecule has 0 amide bonds. The lowest BCUT2D eigenvalue weighted by Gasteiger charge is -2.04. The first-order valence-corrected chi connectivity index (χ1v) is 9.74. The summed E-state index contributed by atoms with van der Waals surface area (Å²) in [5, 5.41) is 0. The van der Waals surface area contributed by atoms with Gasteiger partial charge >= 0.3 is 0 Å². The third-order valence-electron chi connectivity index (χ3n) is 4.68. The second-order valence-corrected chi connectivity index (χ2v) is 6.76. The normalized spacial score (nSPS) is 11.4. The van der Waals surface area contributed by atoms with E-state index in [1.54, 1.807) is 0 Å². The van der Waals surface area contributed by atoms with Gasteiger partial charge in [-0.25, -0.2) is 15.0 Å². The van der Waals surface area contributed by atoms with E-state index in [1.807, 2.05) is 6.33 Å². The Hall–Kier alpha value is -1.65. The van der Waals surface area contributed by atoms with E-state index >= 15 is 0 Å². The maximum atomic E-state index is 5.81. The molecule has 0 aliphatic rings. The van der Waals surface area contributed by atoms with Crippen molar-refractivity contribution in [1.29, 1.82) is 0 Å². The number of anilines is 1. The van der Waals surface area contributed by atoms with Crippen molar-refractivity contribution in [2.75, 3.05) is 5.73 Å². The fraction of sp³-hybridized carbons (Fsp3) is 0.737. The van der Waals surface area contributed by atoms with E-state index in [0.29, 0.717) is 5.82 Å². The molecule has 0 atom stereocenters. The molecule has 0 aliphatic heterocycles. The third-order valence-corrected chi connectivity index (χ3v) is 4.68. The Bertz CT molecular complexity index is 578. The molecule has 0 aromatic carbocycles. The molecule has 2 rings (SSSR count). The molecule has 0 saturated carbocycles. The van der Waals surface area contributed by atoms with Gasteiger partial charge in [0.1, 0.15) is 11.8 Å². The summed E-state index contributed by atoms with van der Waals surface area (Å²) >= 11 is 0. The van der Waals surface area contributed by atoms with Crippen molar-refractivity contribution < 1.29 is 0 Å². The van der Waals surface area contributed by atoms with Gasteiger partial charge in [-0.05, 0) is 6.42 Å². The van der Waals surface area contributed by atoms with Crippen molar-refractivity contribution >= 4 is 17.0 Å². The maximum Gasteiger partial charge on any atom is 0.165 e. The minimum Gasteiger partial charge on any atom is -0.382 e. The highest BCUT2D eigenvalue weighted by molar-refractivity contribution is 5.80. The summed E-state index contributed by atoms with van der Waals surface area (Å²) in [5.41, 5.74) is 7.38. The summed E-state index contributed by atoms with van der Waals surface area (Å²) in [5.74, 6) is 0.466. The van der Waals surface area contributed by atoms with Gasteiger partial charge in [0.2, 0.25) is 0 Å². The molecule has 24 heavy (non-hydrogen) atoms. The van der Waals surface area contributed by atoms with Crippen LogP contribution in [0.1, 0.15) is 84.0 Å². The number of aromatic nitrogens is 4. The van der Waals surface area contributed by atoms with Crippen LogP contribution in [0.4, 0.5) is 5.82 Å². The molecule has 0 radical (unpaired) electrons. The molecule has 5 nitrogen and oxygen atoms in total. The Morgan fingerprint density at radius 2 is 1.38 bits per heavy atom. The van der Waals surface area contributed by atoms with Gasteiger partial charge in [0, 0.05) is 6.54 Å². The van der Waals surface area contributed by atoms with Crippen LogP contribution in [0.2, 0.25) is 0 Å². The van der Waals surface area contributed by atoms with Gasteiger partial charge in [-0.1, -0.05) is 77.6 Å². The second kappa shape index (κ2) is 11.0. The van der Waals surface area contributed by atoms with E-state index in [1.165, 1.54) is 83.4 Å². The predicted molar refractivity (Wildman–Crippen MR) is 101 cm³/mol. The number of aryl methyl sites for hydroxylation is 1. The van der Waals surface area contributed by atoms with Gasteiger partial charge in [0.25, 0.3) is 0 Å². The van der Waals surface area contributed by atoms with Crippen LogP contribution < -0.4 is 5.73 Å². The number of hydrogen-bond donors (Lipinski definition) is 1. The van der Waals surface area contributed by atoms with Crippen LogP contribution in [0.25, 0.3) is 11.2 Å². The molecule has 0 unspecified atom stereocenters. The van der Waals surface area contributed by atoms with E-state index in [9.17, 15) is 0 Å². The summed E-state index contributed by atoms with van der Waals surface area (Å²) in [6.45, 7) is 3.24. The largest absolute Gasteiger partial charge is 0.382 e. The summed E-state index contributed by atoms with van der Waals surface area (Å²) < 4.78 is 2.09. The highest BCUT2D eigenvalue weighted by Crippen LogP contribution is 2.16. The van der Waals surface area contributed by atoms with Gasteiger partial charge in [-0.3, -0.25) is 0 Å². The monoisotopic (exact) mass is 331 g/mol. The Balaban J connectivity index is 1.49. The number of nitrogens with two attached hydrogens (primary N) is 1. The third kappa shape index (κ3) is 6.10. The maximum absolute atomic E-state index is 5.81. The van der Waals surface area contributed by atoms with Gasteiger partial charge < -0.3 is 10.3 Å². The van der Waals surface area contributed by atoms with Crippen LogP contribution in [-0.2, 0) is 6.54 Å². The highest BCUT2D eigenvalue weighted by Gasteiger charge is 2.06. The van der Waals surface area contributed by atoms with Gasteiger partial charge in [0.15, 0.2) is 11.5 Å². The topological polar surface area (TPSA) is 69.6 Å². The Kier molecular flexibility index (Phi) is 8.56. The van der Waals surface area contributed by atoms with Crippen molar-refractivity contribution in [3.63, 3.8) is 0 Å². The van der Waals surface area contributed by atoms with E-state index in [4.69, 9.17) is 5.73 Å². The SMILES string of the molecule is CCCCCCCCCCCCCCn1cnc2c(N)ncnc21. The zero-order valence-electron chi connectivity index (χ0n) is 15.2. The second-order valence-electron chi connectivity index (χ2n) is 6.76. The number of nitrogen functional groups attached to an aromatic ring is 1. The van der Waals surface area contributed by atoms with E-state index in [2.05, 4.69) is 26.4 Å². The molecule has 0 bridgehead atoms. The molecule has 0 saturated heterocycles. The average Bonchev–Trinajstić information content (AvgIpc) is 3.00. The molecule has 2 N–H and O–H groups in total. The summed E-state index contributed by atoms with van der Waals surface area (Å²) in [7, 11) is 0. The fourth-order valence-corrected chi connectivity index (χ4v) is 3.19. The lowest BCUT2D eigenvalue weighted by Crippen LogP contribution is -1.99. The zero-order valence-corrected chi connectivity index (χ0v) is 15.2. The molecule has 2 heterocycles. The molecular formula is C19H33N5. The number of imidazole rings is 1. The Morgan fingerprint density at radius 1 is 0.792 bits per heavy atom. The van der Waals surface area contributed by atoms with Crippen LogP contribution in [0.5, 0.6) is 0 Å². The zero-order chi connectivity index (χ0) is 17.0. The minimum atomic E-state index is 0.466. The van der Waals surface area contributed by atoms with Crippen molar-refractivity contribution in [3.05, 3.63) is 12.7 Å². The van der Waals surface area contributed by atoms with Gasteiger partial charge in [-0.15, -0.1) is 0 Å². The first-order chi connectivity index (χ1) is 11.8. The predicted octanol–water partition coefficient (Wildman–Crippen LogP) is 5.11. The van der Waals surface area contributed by atoms with Gasteiger partial charge in [-0.2, -0.15) is 0 Å². The van der Waals surface area contributed by atoms with Crippen molar-refractivity contribution in [2.24, 2.45) is 0 Å². The van der Waals surface area contributed by atoms with Crippen LogP contribution in [-0.4, -0.2) is 19.5 Å². The quantitative estimate of drug-likeness (QED) is 0.518. The average molecular weight is 332 g/mol. The molecular weight excluding hydrogens is 298 g/mol.